The van der Waals surface area contributed by atoms with Crippen molar-refractivity contribution in [2.75, 3.05) is 0 Å². The SMILES string of the molecule is CCC(C)C1=CCC(C2C=C(C3=CCC(C4=CCCC=C4)C=C3)NC(C3=CC=C(C4=CCC(N(C5=CCC(C6=CCCC=C6)C=C5)C5C=CC(c6ccccc6)=CC5)CC4)CC3)=N2)C=C1. The van der Waals surface area contributed by atoms with Gasteiger partial charge in [-0.25, -0.2) is 0 Å². The number of nitrogens with zero attached hydrogens (tertiary/aromatic N) is 2. The van der Waals surface area contributed by atoms with E-state index < -0.39 is 0 Å². The molecule has 0 saturated heterocycles. The molecule has 0 bridgehead atoms. The van der Waals surface area contributed by atoms with Gasteiger partial charge in [0, 0.05) is 35.2 Å². The van der Waals surface area contributed by atoms with Crippen LogP contribution in [0, 0.1) is 23.7 Å². The van der Waals surface area contributed by atoms with Crippen LogP contribution < -0.4 is 5.32 Å². The maximum absolute atomic E-state index is 5.50. The van der Waals surface area contributed by atoms with Gasteiger partial charge in [0.2, 0.25) is 0 Å². The van der Waals surface area contributed by atoms with E-state index in [1.54, 1.807) is 5.57 Å². The average molecular weight is 856 g/mol. The van der Waals surface area contributed by atoms with Crippen LogP contribution in [-0.4, -0.2) is 28.9 Å². The van der Waals surface area contributed by atoms with Crippen molar-refractivity contribution in [3.63, 3.8) is 0 Å². The summed E-state index contributed by atoms with van der Waals surface area (Å²) in [5, 5.41) is 3.88. The number of rotatable bonds is 12. The Hall–Kier alpha value is -5.67. The molecule has 1 N–H and O–H groups in total. The predicted molar refractivity (Wildman–Crippen MR) is 276 cm³/mol. The lowest BCUT2D eigenvalue weighted by Gasteiger charge is -2.43. The molecule has 8 aliphatic carbocycles. The molecule has 1 aliphatic heterocycles. The quantitative estimate of drug-likeness (QED) is 0.227. The van der Waals surface area contributed by atoms with Gasteiger partial charge in [-0.3, -0.25) is 4.99 Å². The molecule has 332 valence electrons. The number of hydrogen-bond acceptors (Lipinski definition) is 3. The molecule has 1 heterocycles. The van der Waals surface area contributed by atoms with Crippen LogP contribution in [0.15, 0.2) is 219 Å². The Morgan fingerprint density at radius 3 is 1.98 bits per heavy atom. The van der Waals surface area contributed by atoms with Crippen LogP contribution >= 0.6 is 0 Å². The summed E-state index contributed by atoms with van der Waals surface area (Å²) in [7, 11) is 0. The van der Waals surface area contributed by atoms with Crippen molar-refractivity contribution in [1.29, 1.82) is 0 Å². The van der Waals surface area contributed by atoms with E-state index in [-0.39, 0.29) is 6.04 Å². The van der Waals surface area contributed by atoms with Crippen molar-refractivity contribution in [2.45, 2.75) is 122 Å². The van der Waals surface area contributed by atoms with Crippen LogP contribution in [0.3, 0.4) is 0 Å². The van der Waals surface area contributed by atoms with Gasteiger partial charge in [-0.2, -0.15) is 0 Å². The topological polar surface area (TPSA) is 27.6 Å². The summed E-state index contributed by atoms with van der Waals surface area (Å²) in [6.45, 7) is 4.64. The molecule has 10 rings (SSSR count). The number of aliphatic imine (C=N–C) groups is 1. The Morgan fingerprint density at radius 2 is 1.38 bits per heavy atom. The molecule has 0 spiro atoms. The molecular weight excluding hydrogens is 787 g/mol. The zero-order chi connectivity index (χ0) is 44.0. The van der Waals surface area contributed by atoms with Crippen molar-refractivity contribution in [1.82, 2.24) is 10.2 Å². The molecule has 1 aromatic carbocycles. The van der Waals surface area contributed by atoms with E-state index in [9.17, 15) is 0 Å². The molecule has 1 aromatic rings. The lowest BCUT2D eigenvalue weighted by molar-refractivity contribution is 0.202. The maximum atomic E-state index is 5.50. The Kier molecular flexibility index (Phi) is 13.5. The van der Waals surface area contributed by atoms with E-state index in [4.69, 9.17) is 4.99 Å². The fourth-order valence-corrected chi connectivity index (χ4v) is 11.3. The van der Waals surface area contributed by atoms with Gasteiger partial charge in [-0.05, 0) is 158 Å². The standard InChI is InChI=1S/C62H69N3/c1-3-44(2)45-19-25-54(26-20-45)60-43-61(55-27-21-49(22-28-55)46-13-7-4-8-14-46)64-62(63-60)56-29-23-50(24-30-56)53-35-41-59(42-36-53)65(57-37-31-51(32-38-57)47-15-9-5-10-16-47)58-39-33-52(34-40-58)48-17-11-6-12-18-48/h5,7,9-11,13-21,23,25,27-29,31-33,35,37,39-40,43-44,49,52,54,57,59-60H,3-4,6,8,12,22,24,26,30,34,36,38,41-42H2,1-2H3,(H,63,64). The first kappa shape index (κ1) is 43.2. The molecular formula is C62H69N3. The summed E-state index contributed by atoms with van der Waals surface area (Å²) >= 11 is 0. The fraction of sp³-hybridized carbons (Fsp3) is 0.371. The van der Waals surface area contributed by atoms with Gasteiger partial charge in [-0.15, -0.1) is 0 Å². The average Bonchev–Trinajstić information content (AvgIpc) is 3.40. The highest BCUT2D eigenvalue weighted by atomic mass is 15.2. The Morgan fingerprint density at radius 1 is 0.646 bits per heavy atom. The van der Waals surface area contributed by atoms with Crippen LogP contribution in [0.5, 0.6) is 0 Å². The summed E-state index contributed by atoms with van der Waals surface area (Å²) < 4.78 is 0. The maximum Gasteiger partial charge on any atom is 0.129 e. The summed E-state index contributed by atoms with van der Waals surface area (Å²) in [6.07, 6.45) is 68.9. The van der Waals surface area contributed by atoms with Crippen LogP contribution in [0.4, 0.5) is 0 Å². The first-order chi connectivity index (χ1) is 32.1. The molecule has 65 heavy (non-hydrogen) atoms. The molecule has 0 aromatic heterocycles. The van der Waals surface area contributed by atoms with Gasteiger partial charge in [-0.1, -0.05) is 166 Å². The molecule has 0 radical (unpaired) electrons. The highest BCUT2D eigenvalue weighted by Gasteiger charge is 2.32. The summed E-state index contributed by atoms with van der Waals surface area (Å²) in [4.78, 5) is 8.28. The highest BCUT2D eigenvalue weighted by Crippen LogP contribution is 2.39. The second kappa shape index (κ2) is 20.2. The van der Waals surface area contributed by atoms with Crippen molar-refractivity contribution < 1.29 is 0 Å². The first-order valence-corrected chi connectivity index (χ1v) is 25.3. The fourth-order valence-electron chi connectivity index (χ4n) is 11.3. The molecule has 7 atom stereocenters. The molecule has 7 unspecified atom stereocenters. The third-order valence-corrected chi connectivity index (χ3v) is 15.5. The zero-order valence-electron chi connectivity index (χ0n) is 38.9. The minimum Gasteiger partial charge on any atom is -0.362 e. The van der Waals surface area contributed by atoms with E-state index in [1.807, 2.05) is 0 Å². The highest BCUT2D eigenvalue weighted by molar-refractivity contribution is 6.01. The Bertz CT molecular complexity index is 2520. The number of nitrogens with one attached hydrogen (secondary N) is 1. The Labute approximate surface area is 390 Å². The minimum atomic E-state index is 0.107. The predicted octanol–water partition coefficient (Wildman–Crippen LogP) is 15.1. The number of benzene rings is 1. The second-order valence-electron chi connectivity index (χ2n) is 19.6. The summed E-state index contributed by atoms with van der Waals surface area (Å²) in [5.74, 6) is 2.98. The van der Waals surface area contributed by atoms with Crippen molar-refractivity contribution in [2.24, 2.45) is 28.7 Å². The minimum absolute atomic E-state index is 0.107. The van der Waals surface area contributed by atoms with Crippen LogP contribution in [0.2, 0.25) is 0 Å². The monoisotopic (exact) mass is 856 g/mol. The van der Waals surface area contributed by atoms with E-state index in [0.29, 0.717) is 35.8 Å². The molecule has 0 amide bonds. The lowest BCUT2D eigenvalue weighted by atomic mass is 9.82. The van der Waals surface area contributed by atoms with E-state index in [1.165, 1.54) is 81.7 Å². The zero-order valence-corrected chi connectivity index (χ0v) is 38.9. The van der Waals surface area contributed by atoms with Crippen LogP contribution in [0.25, 0.3) is 5.57 Å². The number of hydrogen-bond donors (Lipinski definition) is 1. The van der Waals surface area contributed by atoms with Crippen LogP contribution in [-0.2, 0) is 0 Å². The molecule has 0 saturated carbocycles. The summed E-state index contributed by atoms with van der Waals surface area (Å²) in [5.41, 5.74) is 15.4. The van der Waals surface area contributed by atoms with Gasteiger partial charge in [0.25, 0.3) is 0 Å². The molecule has 3 heteroatoms. The smallest absolute Gasteiger partial charge is 0.129 e. The Balaban J connectivity index is 0.855. The third-order valence-electron chi connectivity index (χ3n) is 15.5. The largest absolute Gasteiger partial charge is 0.362 e. The van der Waals surface area contributed by atoms with Gasteiger partial charge >= 0.3 is 0 Å². The van der Waals surface area contributed by atoms with E-state index in [2.05, 4.69) is 188 Å². The number of allylic oxidation sites excluding steroid dienone is 23. The van der Waals surface area contributed by atoms with Crippen molar-refractivity contribution in [3.8, 4) is 0 Å². The van der Waals surface area contributed by atoms with E-state index in [0.717, 1.165) is 70.0 Å². The molecule has 0 fully saturated rings. The van der Waals surface area contributed by atoms with Gasteiger partial charge in [0.05, 0.1) is 12.1 Å². The third kappa shape index (κ3) is 9.96. The molecule has 3 nitrogen and oxygen atoms in total. The second-order valence-corrected chi connectivity index (χ2v) is 19.6. The number of amidine groups is 1. The molecule has 9 aliphatic rings. The van der Waals surface area contributed by atoms with Crippen LogP contribution in [0.1, 0.15) is 109 Å². The van der Waals surface area contributed by atoms with Gasteiger partial charge < -0.3 is 10.2 Å². The first-order valence-electron chi connectivity index (χ1n) is 25.3. The normalized spacial score (nSPS) is 29.0. The van der Waals surface area contributed by atoms with Gasteiger partial charge in [0.15, 0.2) is 0 Å². The van der Waals surface area contributed by atoms with Gasteiger partial charge in [0.1, 0.15) is 5.84 Å². The summed E-state index contributed by atoms with van der Waals surface area (Å²) in [6, 6.07) is 11.8. The lowest BCUT2D eigenvalue weighted by Crippen LogP contribution is -2.42. The van der Waals surface area contributed by atoms with E-state index >= 15 is 0 Å². The van der Waals surface area contributed by atoms with Crippen molar-refractivity contribution >= 4 is 11.4 Å². The van der Waals surface area contributed by atoms with Crippen molar-refractivity contribution in [3.05, 3.63) is 220 Å².